The van der Waals surface area contributed by atoms with Crippen LogP contribution in [0.2, 0.25) is 0 Å². The summed E-state index contributed by atoms with van der Waals surface area (Å²) in [5.74, 6) is 1.06. The van der Waals surface area contributed by atoms with E-state index < -0.39 is 0 Å². The lowest BCUT2D eigenvalue weighted by atomic mass is 10.1. The highest BCUT2D eigenvalue weighted by atomic mass is 32.1. The summed E-state index contributed by atoms with van der Waals surface area (Å²) in [5, 5.41) is 6.59. The number of nitrogens with zero attached hydrogens (tertiary/aromatic N) is 4. The van der Waals surface area contributed by atoms with Crippen LogP contribution in [0, 0.1) is 6.92 Å². The zero-order chi connectivity index (χ0) is 22.8. The van der Waals surface area contributed by atoms with Gasteiger partial charge in [0.2, 0.25) is 0 Å². The van der Waals surface area contributed by atoms with E-state index in [9.17, 15) is 4.79 Å². The number of thiophene rings is 1. The number of hydrogen-bond acceptors (Lipinski definition) is 5. The maximum Gasteiger partial charge on any atom is 0.264 e. The molecule has 1 saturated heterocycles. The number of hydrogen-bond donors (Lipinski definition) is 0. The smallest absolute Gasteiger partial charge is 0.264 e. The molecule has 1 aromatic carbocycles. The van der Waals surface area contributed by atoms with Crippen LogP contribution in [0.1, 0.15) is 51.0 Å². The van der Waals surface area contributed by atoms with Crippen molar-refractivity contribution in [1.82, 2.24) is 19.6 Å². The van der Waals surface area contributed by atoms with E-state index >= 15 is 0 Å². The number of benzene rings is 1. The van der Waals surface area contributed by atoms with E-state index in [2.05, 4.69) is 48.2 Å². The van der Waals surface area contributed by atoms with Crippen LogP contribution in [0.5, 0.6) is 5.75 Å². The Kier molecular flexibility index (Phi) is 6.51. The van der Waals surface area contributed by atoms with Crippen molar-refractivity contribution < 1.29 is 9.53 Å². The fourth-order valence-electron chi connectivity index (χ4n) is 4.75. The van der Waals surface area contributed by atoms with Gasteiger partial charge in [-0.3, -0.25) is 14.4 Å². The molecule has 1 amide bonds. The first-order valence-electron chi connectivity index (χ1n) is 12.0. The van der Waals surface area contributed by atoms with Gasteiger partial charge in [0.15, 0.2) is 0 Å². The third-order valence-electron chi connectivity index (χ3n) is 6.77. The van der Waals surface area contributed by atoms with Crippen molar-refractivity contribution in [2.45, 2.75) is 52.8 Å². The quantitative estimate of drug-likeness (QED) is 0.523. The van der Waals surface area contributed by atoms with Gasteiger partial charge in [0.25, 0.3) is 5.91 Å². The fourth-order valence-corrected chi connectivity index (χ4v) is 5.61. The van der Waals surface area contributed by atoms with Crippen molar-refractivity contribution in [3.8, 4) is 5.75 Å². The molecule has 1 aliphatic carbocycles. The first-order valence-corrected chi connectivity index (χ1v) is 12.8. The van der Waals surface area contributed by atoms with Crippen LogP contribution in [0.4, 0.5) is 0 Å². The minimum atomic E-state index is 0.137. The van der Waals surface area contributed by atoms with Gasteiger partial charge in [-0.15, -0.1) is 11.3 Å². The second-order valence-electron chi connectivity index (χ2n) is 9.06. The fraction of sp³-hybridized carbons (Fsp3) is 0.462. The summed E-state index contributed by atoms with van der Waals surface area (Å²) < 4.78 is 8.01. The predicted molar refractivity (Wildman–Crippen MR) is 131 cm³/mol. The molecule has 3 heterocycles. The molecule has 2 aromatic heterocycles. The number of carbonyl (C=O) groups is 1. The van der Waals surface area contributed by atoms with Gasteiger partial charge in [-0.05, 0) is 67.8 Å². The average molecular weight is 465 g/mol. The Balaban J connectivity index is 1.12. The number of fused-ring (bicyclic) bond motifs is 1. The lowest BCUT2D eigenvalue weighted by Gasteiger charge is -2.34. The molecular formula is C26H32N4O2S. The van der Waals surface area contributed by atoms with E-state index in [0.29, 0.717) is 6.61 Å². The maximum atomic E-state index is 13.0. The van der Waals surface area contributed by atoms with Gasteiger partial charge < -0.3 is 9.64 Å². The lowest BCUT2D eigenvalue weighted by molar-refractivity contribution is 0.0633. The van der Waals surface area contributed by atoms with Crippen LogP contribution in [0.25, 0.3) is 0 Å². The SMILES string of the molecule is CCn1cc(CN2CCN(C(=O)c3cc(COc4ccc5c(c4)CCC5)cs3)CC2)c(C)n1. The summed E-state index contributed by atoms with van der Waals surface area (Å²) in [6, 6.07) is 8.43. The molecule has 174 valence electrons. The van der Waals surface area contributed by atoms with E-state index in [0.717, 1.165) is 67.6 Å². The van der Waals surface area contributed by atoms with Gasteiger partial charge in [-0.2, -0.15) is 5.10 Å². The van der Waals surface area contributed by atoms with Crippen molar-refractivity contribution in [2.75, 3.05) is 26.2 Å². The second kappa shape index (κ2) is 9.69. The summed E-state index contributed by atoms with van der Waals surface area (Å²) in [5.41, 5.74) is 6.32. The number of rotatable bonds is 7. The largest absolute Gasteiger partial charge is 0.489 e. The van der Waals surface area contributed by atoms with Gasteiger partial charge in [-0.25, -0.2) is 0 Å². The minimum absolute atomic E-state index is 0.137. The van der Waals surface area contributed by atoms with Crippen molar-refractivity contribution in [1.29, 1.82) is 0 Å². The van der Waals surface area contributed by atoms with Gasteiger partial charge in [-0.1, -0.05) is 6.07 Å². The van der Waals surface area contributed by atoms with Gasteiger partial charge >= 0.3 is 0 Å². The predicted octanol–water partition coefficient (Wildman–Crippen LogP) is 4.30. The van der Waals surface area contributed by atoms with Crippen molar-refractivity contribution >= 4 is 17.2 Å². The van der Waals surface area contributed by atoms with Crippen molar-refractivity contribution in [3.63, 3.8) is 0 Å². The molecule has 5 rings (SSSR count). The second-order valence-corrected chi connectivity index (χ2v) is 9.97. The third kappa shape index (κ3) is 4.99. The Bertz CT molecular complexity index is 1130. The van der Waals surface area contributed by atoms with E-state index in [4.69, 9.17) is 4.74 Å². The lowest BCUT2D eigenvalue weighted by Crippen LogP contribution is -2.48. The van der Waals surface area contributed by atoms with Crippen LogP contribution in [-0.2, 0) is 32.5 Å². The topological polar surface area (TPSA) is 50.6 Å². The molecule has 0 radical (unpaired) electrons. The Morgan fingerprint density at radius 3 is 2.73 bits per heavy atom. The molecule has 3 aromatic rings. The summed E-state index contributed by atoms with van der Waals surface area (Å²) in [4.78, 5) is 18.2. The molecule has 0 unspecified atom stereocenters. The van der Waals surface area contributed by atoms with Gasteiger partial charge in [0.05, 0.1) is 10.6 Å². The summed E-state index contributed by atoms with van der Waals surface area (Å²) in [6.07, 6.45) is 5.72. The van der Waals surface area contributed by atoms with Crippen LogP contribution in [0.15, 0.2) is 35.8 Å². The minimum Gasteiger partial charge on any atom is -0.489 e. The molecular weight excluding hydrogens is 432 g/mol. The Labute approximate surface area is 199 Å². The number of aromatic nitrogens is 2. The molecule has 33 heavy (non-hydrogen) atoms. The highest BCUT2D eigenvalue weighted by Gasteiger charge is 2.24. The number of carbonyl (C=O) groups excluding carboxylic acids is 1. The molecule has 7 heteroatoms. The first-order chi connectivity index (χ1) is 16.1. The number of aryl methyl sites for hydroxylation is 4. The van der Waals surface area contributed by atoms with E-state index in [1.807, 2.05) is 21.0 Å². The monoisotopic (exact) mass is 464 g/mol. The molecule has 0 atom stereocenters. The summed E-state index contributed by atoms with van der Waals surface area (Å²) in [6.45, 7) is 9.78. The molecule has 2 aliphatic rings. The number of ether oxygens (including phenoxy) is 1. The van der Waals surface area contributed by atoms with E-state index in [1.54, 1.807) is 0 Å². The molecule has 0 spiro atoms. The first kappa shape index (κ1) is 22.2. The zero-order valence-corrected chi connectivity index (χ0v) is 20.4. The Hall–Kier alpha value is -2.64. The Morgan fingerprint density at radius 1 is 1.12 bits per heavy atom. The normalized spacial score (nSPS) is 16.2. The average Bonchev–Trinajstić information content (AvgIpc) is 3.57. The zero-order valence-electron chi connectivity index (χ0n) is 19.5. The summed E-state index contributed by atoms with van der Waals surface area (Å²) >= 11 is 1.52. The third-order valence-corrected chi connectivity index (χ3v) is 7.73. The van der Waals surface area contributed by atoms with E-state index in [1.165, 1.54) is 40.9 Å². The molecule has 0 bridgehead atoms. The highest BCUT2D eigenvalue weighted by Crippen LogP contribution is 2.27. The summed E-state index contributed by atoms with van der Waals surface area (Å²) in [7, 11) is 0. The van der Waals surface area contributed by atoms with Gasteiger partial charge in [0, 0.05) is 56.6 Å². The Morgan fingerprint density at radius 2 is 1.94 bits per heavy atom. The maximum absolute atomic E-state index is 13.0. The van der Waals surface area contributed by atoms with Crippen molar-refractivity contribution in [2.24, 2.45) is 0 Å². The number of piperazine rings is 1. The molecule has 0 saturated carbocycles. The molecule has 0 N–H and O–H groups in total. The van der Waals surface area contributed by atoms with Crippen molar-refractivity contribution in [3.05, 3.63) is 68.7 Å². The number of amides is 1. The van der Waals surface area contributed by atoms with Gasteiger partial charge in [0.1, 0.15) is 12.4 Å². The van der Waals surface area contributed by atoms with Crippen LogP contribution in [0.3, 0.4) is 0 Å². The van der Waals surface area contributed by atoms with Crippen LogP contribution in [-0.4, -0.2) is 51.7 Å². The highest BCUT2D eigenvalue weighted by molar-refractivity contribution is 7.12. The molecule has 1 aliphatic heterocycles. The van der Waals surface area contributed by atoms with Crippen LogP contribution >= 0.6 is 11.3 Å². The van der Waals surface area contributed by atoms with E-state index in [-0.39, 0.29) is 5.91 Å². The standard InChI is InChI=1S/C26H32N4O2S/c1-3-30-16-23(19(2)27-30)15-28-9-11-29(12-10-28)26(31)25-13-20(18-33-25)17-32-24-8-7-21-5-4-6-22(21)14-24/h7-8,13-14,16,18H,3-6,9-12,15,17H2,1-2H3. The molecule has 1 fully saturated rings. The van der Waals surface area contributed by atoms with Crippen LogP contribution < -0.4 is 4.74 Å². The molecule has 6 nitrogen and oxygen atoms in total.